The van der Waals surface area contributed by atoms with Gasteiger partial charge < -0.3 is 4.74 Å². The standard InChI is InChI=1S/C14H20N2O4/c17-11-14(6-1-2-7-14)12(18)16(13(19)15-11)8-5-10-4-3-9-20-10/h10H,1-9H2,(H,15,17,19). The fraction of sp³-hybridized carbons (Fsp3) is 0.786. The third-order valence-electron chi connectivity index (χ3n) is 4.71. The molecule has 0 aromatic rings. The van der Waals surface area contributed by atoms with Gasteiger partial charge in [-0.2, -0.15) is 0 Å². The summed E-state index contributed by atoms with van der Waals surface area (Å²) in [6.07, 6.45) is 5.65. The Labute approximate surface area is 117 Å². The summed E-state index contributed by atoms with van der Waals surface area (Å²) in [7, 11) is 0. The number of ether oxygens (including phenoxy) is 1. The zero-order chi connectivity index (χ0) is 14.2. The number of barbiturate groups is 1. The first-order valence-corrected chi connectivity index (χ1v) is 7.42. The van der Waals surface area contributed by atoms with E-state index in [0.717, 1.165) is 32.3 Å². The van der Waals surface area contributed by atoms with Crippen molar-refractivity contribution in [2.45, 2.75) is 51.0 Å². The number of carbonyl (C=O) groups is 3. The van der Waals surface area contributed by atoms with Crippen LogP contribution in [0.15, 0.2) is 0 Å². The number of carbonyl (C=O) groups excluding carboxylic acids is 3. The Bertz CT molecular complexity index is 436. The molecule has 0 aromatic carbocycles. The van der Waals surface area contributed by atoms with E-state index in [-0.39, 0.29) is 12.0 Å². The summed E-state index contributed by atoms with van der Waals surface area (Å²) in [4.78, 5) is 37.7. The third kappa shape index (κ3) is 2.12. The highest BCUT2D eigenvalue weighted by molar-refractivity contribution is 6.19. The van der Waals surface area contributed by atoms with Gasteiger partial charge in [0.25, 0.3) is 0 Å². The molecule has 1 aliphatic carbocycles. The molecule has 3 fully saturated rings. The van der Waals surface area contributed by atoms with Crippen LogP contribution in [-0.2, 0) is 14.3 Å². The molecule has 6 nitrogen and oxygen atoms in total. The molecule has 2 saturated heterocycles. The lowest BCUT2D eigenvalue weighted by Gasteiger charge is -2.37. The van der Waals surface area contributed by atoms with E-state index < -0.39 is 17.4 Å². The average Bonchev–Trinajstić information content (AvgIpc) is 3.09. The van der Waals surface area contributed by atoms with Crippen LogP contribution >= 0.6 is 0 Å². The lowest BCUT2D eigenvalue weighted by molar-refractivity contribution is -0.151. The zero-order valence-corrected chi connectivity index (χ0v) is 11.5. The van der Waals surface area contributed by atoms with E-state index in [4.69, 9.17) is 4.74 Å². The summed E-state index contributed by atoms with van der Waals surface area (Å²) >= 11 is 0. The monoisotopic (exact) mass is 280 g/mol. The zero-order valence-electron chi connectivity index (χ0n) is 11.5. The molecule has 3 rings (SSSR count). The number of nitrogens with zero attached hydrogens (tertiary/aromatic N) is 1. The second-order valence-electron chi connectivity index (χ2n) is 5.93. The minimum atomic E-state index is -0.982. The maximum Gasteiger partial charge on any atom is 0.330 e. The van der Waals surface area contributed by atoms with Crippen LogP contribution in [0.2, 0.25) is 0 Å². The van der Waals surface area contributed by atoms with Gasteiger partial charge in [-0.3, -0.25) is 19.8 Å². The van der Waals surface area contributed by atoms with E-state index in [1.54, 1.807) is 0 Å². The van der Waals surface area contributed by atoms with Crippen molar-refractivity contribution in [2.24, 2.45) is 5.41 Å². The van der Waals surface area contributed by atoms with E-state index in [1.165, 1.54) is 4.90 Å². The Kier molecular flexibility index (Phi) is 3.50. The van der Waals surface area contributed by atoms with Crippen LogP contribution in [-0.4, -0.2) is 42.0 Å². The molecule has 20 heavy (non-hydrogen) atoms. The predicted octanol–water partition coefficient (Wildman–Crippen LogP) is 1.19. The predicted molar refractivity (Wildman–Crippen MR) is 69.7 cm³/mol. The first-order valence-electron chi connectivity index (χ1n) is 7.42. The topological polar surface area (TPSA) is 75.7 Å². The van der Waals surface area contributed by atoms with Gasteiger partial charge in [0.05, 0.1) is 6.10 Å². The summed E-state index contributed by atoms with van der Waals surface area (Å²) in [6.45, 7) is 1.09. The van der Waals surface area contributed by atoms with Gasteiger partial charge in [0.2, 0.25) is 11.8 Å². The van der Waals surface area contributed by atoms with Gasteiger partial charge in [0.15, 0.2) is 0 Å². The van der Waals surface area contributed by atoms with E-state index in [9.17, 15) is 14.4 Å². The number of amides is 4. The van der Waals surface area contributed by atoms with Gasteiger partial charge >= 0.3 is 6.03 Å². The van der Waals surface area contributed by atoms with Gasteiger partial charge in [-0.25, -0.2) is 4.79 Å². The summed E-state index contributed by atoms with van der Waals surface area (Å²) < 4.78 is 5.52. The van der Waals surface area contributed by atoms with Crippen LogP contribution in [0.25, 0.3) is 0 Å². The van der Waals surface area contributed by atoms with Crippen molar-refractivity contribution in [3.63, 3.8) is 0 Å². The molecule has 2 heterocycles. The minimum Gasteiger partial charge on any atom is -0.378 e. The molecule has 6 heteroatoms. The second kappa shape index (κ2) is 5.16. The summed E-state index contributed by atoms with van der Waals surface area (Å²) in [5, 5.41) is 2.35. The van der Waals surface area contributed by atoms with Gasteiger partial charge in [0, 0.05) is 13.2 Å². The highest BCUT2D eigenvalue weighted by atomic mass is 16.5. The lowest BCUT2D eigenvalue weighted by atomic mass is 9.82. The van der Waals surface area contributed by atoms with Crippen LogP contribution in [0.1, 0.15) is 44.9 Å². The van der Waals surface area contributed by atoms with E-state index in [2.05, 4.69) is 5.32 Å². The van der Waals surface area contributed by atoms with Gasteiger partial charge in [-0.15, -0.1) is 0 Å². The Hall–Kier alpha value is -1.43. The molecule has 1 spiro atoms. The van der Waals surface area contributed by atoms with Crippen molar-refractivity contribution in [1.29, 1.82) is 0 Å². The fourth-order valence-electron chi connectivity index (χ4n) is 3.50. The van der Waals surface area contributed by atoms with Crippen LogP contribution in [0.4, 0.5) is 4.79 Å². The van der Waals surface area contributed by atoms with Gasteiger partial charge in [0.1, 0.15) is 5.41 Å². The third-order valence-corrected chi connectivity index (χ3v) is 4.71. The van der Waals surface area contributed by atoms with Crippen molar-refractivity contribution < 1.29 is 19.1 Å². The molecule has 4 amide bonds. The highest BCUT2D eigenvalue weighted by Crippen LogP contribution is 2.41. The smallest absolute Gasteiger partial charge is 0.330 e. The number of hydrogen-bond acceptors (Lipinski definition) is 4. The summed E-state index contributed by atoms with van der Waals surface area (Å²) in [6, 6.07) is -0.574. The first kappa shape index (κ1) is 13.5. The van der Waals surface area contributed by atoms with Crippen LogP contribution < -0.4 is 5.32 Å². The molecule has 2 aliphatic heterocycles. The Balaban J connectivity index is 1.70. The molecule has 3 aliphatic rings. The molecule has 0 bridgehead atoms. The van der Waals surface area contributed by atoms with E-state index in [1.807, 2.05) is 0 Å². The lowest BCUT2D eigenvalue weighted by Crippen LogP contribution is -2.63. The van der Waals surface area contributed by atoms with E-state index >= 15 is 0 Å². The second-order valence-corrected chi connectivity index (χ2v) is 5.93. The van der Waals surface area contributed by atoms with Crippen LogP contribution in [0.5, 0.6) is 0 Å². The Morgan fingerprint density at radius 1 is 1.20 bits per heavy atom. The molecular formula is C14H20N2O4. The van der Waals surface area contributed by atoms with Crippen molar-refractivity contribution in [3.8, 4) is 0 Å². The number of hydrogen-bond donors (Lipinski definition) is 1. The molecular weight excluding hydrogens is 260 g/mol. The molecule has 1 N–H and O–H groups in total. The summed E-state index contributed by atoms with van der Waals surface area (Å²) in [5.74, 6) is -0.708. The Morgan fingerprint density at radius 2 is 1.95 bits per heavy atom. The molecule has 0 aromatic heterocycles. The summed E-state index contributed by atoms with van der Waals surface area (Å²) in [5.41, 5.74) is -0.982. The largest absolute Gasteiger partial charge is 0.378 e. The number of rotatable bonds is 3. The van der Waals surface area contributed by atoms with Gasteiger partial charge in [-0.1, -0.05) is 12.8 Å². The molecule has 1 unspecified atom stereocenters. The van der Waals surface area contributed by atoms with Crippen molar-refractivity contribution in [2.75, 3.05) is 13.2 Å². The highest BCUT2D eigenvalue weighted by Gasteiger charge is 2.54. The van der Waals surface area contributed by atoms with E-state index in [0.29, 0.717) is 25.8 Å². The minimum absolute atomic E-state index is 0.132. The average molecular weight is 280 g/mol. The van der Waals surface area contributed by atoms with Crippen LogP contribution in [0.3, 0.4) is 0 Å². The molecule has 1 atom stereocenters. The SMILES string of the molecule is O=C1NC(=O)C2(CCCC2)C(=O)N1CCC1CCCO1. The quantitative estimate of drug-likeness (QED) is 0.788. The van der Waals surface area contributed by atoms with Gasteiger partial charge in [-0.05, 0) is 32.1 Å². The van der Waals surface area contributed by atoms with Crippen molar-refractivity contribution in [1.82, 2.24) is 10.2 Å². The maximum atomic E-state index is 12.6. The molecule has 0 radical (unpaired) electrons. The number of urea groups is 1. The molecule has 110 valence electrons. The number of imide groups is 2. The van der Waals surface area contributed by atoms with Crippen molar-refractivity contribution >= 4 is 17.8 Å². The van der Waals surface area contributed by atoms with Crippen molar-refractivity contribution in [3.05, 3.63) is 0 Å². The van der Waals surface area contributed by atoms with Crippen LogP contribution in [0, 0.1) is 5.41 Å². The maximum absolute atomic E-state index is 12.6. The molecule has 1 saturated carbocycles. The number of nitrogens with one attached hydrogen (secondary N) is 1. The first-order chi connectivity index (χ1) is 9.63. The Morgan fingerprint density at radius 3 is 2.60 bits per heavy atom. The normalized spacial score (nSPS) is 29.3. The fourth-order valence-corrected chi connectivity index (χ4v) is 3.50.